The molecule has 0 spiro atoms. The van der Waals surface area contributed by atoms with Gasteiger partial charge in [-0.25, -0.2) is 0 Å². The minimum atomic E-state index is 0.144. The molecule has 1 aliphatic rings. The minimum absolute atomic E-state index is 0.144. The minimum Gasteiger partial charge on any atom is -0.481 e. The van der Waals surface area contributed by atoms with Crippen LogP contribution in [-0.4, -0.2) is 38.5 Å². The molecule has 1 atom stereocenters. The molecule has 2 heterocycles. The largest absolute Gasteiger partial charge is 0.481 e. The zero-order valence-electron chi connectivity index (χ0n) is 12.7. The first-order valence-corrected chi connectivity index (χ1v) is 6.96. The van der Waals surface area contributed by atoms with Gasteiger partial charge in [-0.3, -0.25) is 0 Å². The van der Waals surface area contributed by atoms with E-state index in [1.54, 1.807) is 14.2 Å². The van der Waals surface area contributed by atoms with Crippen LogP contribution in [0.25, 0.3) is 0 Å². The predicted molar refractivity (Wildman–Crippen MR) is 77.2 cm³/mol. The number of ether oxygens (including phenoxy) is 3. The average Bonchev–Trinajstić information content (AvgIpc) is 2.45. The molecule has 5 heteroatoms. The fraction of sp³-hybridized carbons (Fsp3) is 0.667. The van der Waals surface area contributed by atoms with Crippen LogP contribution in [-0.2, 0) is 11.3 Å². The van der Waals surface area contributed by atoms with Gasteiger partial charge in [-0.2, -0.15) is 4.98 Å². The van der Waals surface area contributed by atoms with Crippen molar-refractivity contribution in [1.82, 2.24) is 10.3 Å². The number of rotatable bonds is 5. The van der Waals surface area contributed by atoms with Gasteiger partial charge in [-0.15, -0.1) is 0 Å². The first kappa shape index (κ1) is 15.1. The van der Waals surface area contributed by atoms with Crippen molar-refractivity contribution in [1.29, 1.82) is 0 Å². The van der Waals surface area contributed by atoms with Crippen LogP contribution in [0.15, 0.2) is 12.1 Å². The highest BCUT2D eigenvalue weighted by molar-refractivity contribution is 5.30. The monoisotopic (exact) mass is 280 g/mol. The quantitative estimate of drug-likeness (QED) is 0.894. The van der Waals surface area contributed by atoms with Crippen LogP contribution in [0.1, 0.15) is 25.8 Å². The molecule has 1 aromatic heterocycles. The van der Waals surface area contributed by atoms with Crippen LogP contribution in [0.5, 0.6) is 11.8 Å². The molecule has 0 aromatic carbocycles. The molecule has 0 bridgehead atoms. The fourth-order valence-corrected chi connectivity index (χ4v) is 2.52. The molecule has 0 aliphatic carbocycles. The van der Waals surface area contributed by atoms with Crippen LogP contribution in [0.4, 0.5) is 0 Å². The van der Waals surface area contributed by atoms with Crippen molar-refractivity contribution in [2.45, 2.75) is 32.9 Å². The zero-order valence-corrected chi connectivity index (χ0v) is 12.7. The fourth-order valence-electron chi connectivity index (χ4n) is 2.52. The maximum atomic E-state index is 5.55. The Kier molecular flexibility index (Phi) is 4.83. The van der Waals surface area contributed by atoms with E-state index in [9.17, 15) is 0 Å². The molecular formula is C15H24N2O3. The molecule has 1 aliphatic heterocycles. The third kappa shape index (κ3) is 3.41. The lowest BCUT2D eigenvalue weighted by Gasteiger charge is -2.39. The standard InChI is InChI=1S/C15H24N2O3/c1-15(2)10-20-8-7-12(15)16-9-11-5-6-13(18-3)17-14(11)19-4/h5-6,12,16H,7-10H2,1-4H3. The topological polar surface area (TPSA) is 52.6 Å². The molecule has 1 saturated heterocycles. The molecule has 112 valence electrons. The summed E-state index contributed by atoms with van der Waals surface area (Å²) in [5, 5.41) is 3.60. The molecule has 0 saturated carbocycles. The van der Waals surface area contributed by atoms with E-state index in [-0.39, 0.29) is 5.41 Å². The molecule has 1 aromatic rings. The second kappa shape index (κ2) is 6.41. The van der Waals surface area contributed by atoms with E-state index < -0.39 is 0 Å². The molecule has 5 nitrogen and oxygen atoms in total. The van der Waals surface area contributed by atoms with Gasteiger partial charge in [-0.05, 0) is 12.5 Å². The van der Waals surface area contributed by atoms with Crippen molar-refractivity contribution in [3.8, 4) is 11.8 Å². The van der Waals surface area contributed by atoms with Crippen molar-refractivity contribution in [3.63, 3.8) is 0 Å². The summed E-state index contributed by atoms with van der Waals surface area (Å²) in [4.78, 5) is 4.30. The van der Waals surface area contributed by atoms with Crippen molar-refractivity contribution in [2.24, 2.45) is 5.41 Å². The highest BCUT2D eigenvalue weighted by Gasteiger charge is 2.32. The van der Waals surface area contributed by atoms with E-state index in [2.05, 4.69) is 24.1 Å². The lowest BCUT2D eigenvalue weighted by atomic mass is 9.82. The molecule has 1 fully saturated rings. The zero-order chi connectivity index (χ0) is 14.6. The van der Waals surface area contributed by atoms with Crippen LogP contribution in [0.2, 0.25) is 0 Å². The molecular weight excluding hydrogens is 256 g/mol. The van der Waals surface area contributed by atoms with Gasteiger partial charge in [0.2, 0.25) is 11.8 Å². The van der Waals surface area contributed by atoms with Crippen LogP contribution in [0.3, 0.4) is 0 Å². The first-order valence-electron chi connectivity index (χ1n) is 6.96. The summed E-state index contributed by atoms with van der Waals surface area (Å²) < 4.78 is 16.0. The number of aromatic nitrogens is 1. The van der Waals surface area contributed by atoms with Crippen molar-refractivity contribution >= 4 is 0 Å². The van der Waals surface area contributed by atoms with Crippen LogP contribution in [0, 0.1) is 5.41 Å². The lowest BCUT2D eigenvalue weighted by molar-refractivity contribution is -0.0136. The summed E-state index contributed by atoms with van der Waals surface area (Å²) in [6.07, 6.45) is 1.03. The number of nitrogens with zero attached hydrogens (tertiary/aromatic N) is 1. The normalized spacial score (nSPS) is 21.5. The number of hydrogen-bond acceptors (Lipinski definition) is 5. The highest BCUT2D eigenvalue weighted by atomic mass is 16.5. The smallest absolute Gasteiger partial charge is 0.220 e. The molecule has 20 heavy (non-hydrogen) atoms. The molecule has 0 radical (unpaired) electrons. The Morgan fingerprint density at radius 1 is 1.35 bits per heavy atom. The Labute approximate surface area is 120 Å². The number of pyridine rings is 1. The van der Waals surface area contributed by atoms with Gasteiger partial charge in [0.1, 0.15) is 0 Å². The van der Waals surface area contributed by atoms with E-state index in [1.807, 2.05) is 12.1 Å². The van der Waals surface area contributed by atoms with E-state index >= 15 is 0 Å². The first-order chi connectivity index (χ1) is 9.56. The summed E-state index contributed by atoms with van der Waals surface area (Å²) in [5.74, 6) is 1.18. The maximum Gasteiger partial charge on any atom is 0.220 e. The third-order valence-corrected chi connectivity index (χ3v) is 3.82. The van der Waals surface area contributed by atoms with E-state index in [4.69, 9.17) is 14.2 Å². The van der Waals surface area contributed by atoms with Crippen molar-refractivity contribution < 1.29 is 14.2 Å². The summed E-state index contributed by atoms with van der Waals surface area (Å²) >= 11 is 0. The molecule has 0 amide bonds. The summed E-state index contributed by atoms with van der Waals surface area (Å²) in [7, 11) is 3.23. The highest BCUT2D eigenvalue weighted by Crippen LogP contribution is 2.28. The average molecular weight is 280 g/mol. The predicted octanol–water partition coefficient (Wildman–Crippen LogP) is 2.00. The second-order valence-corrected chi connectivity index (χ2v) is 5.79. The van der Waals surface area contributed by atoms with E-state index in [1.165, 1.54) is 0 Å². The second-order valence-electron chi connectivity index (χ2n) is 5.79. The van der Waals surface area contributed by atoms with E-state index in [0.717, 1.165) is 31.7 Å². The Morgan fingerprint density at radius 2 is 2.15 bits per heavy atom. The van der Waals surface area contributed by atoms with Gasteiger partial charge in [-0.1, -0.05) is 13.8 Å². The van der Waals surface area contributed by atoms with E-state index in [0.29, 0.717) is 17.8 Å². The van der Waals surface area contributed by atoms with Gasteiger partial charge < -0.3 is 19.5 Å². The lowest BCUT2D eigenvalue weighted by Crippen LogP contribution is -2.48. The SMILES string of the molecule is COc1ccc(CNC2CCOCC2(C)C)c(OC)n1. The summed E-state index contributed by atoms with van der Waals surface area (Å²) in [5.41, 5.74) is 1.18. The Morgan fingerprint density at radius 3 is 2.80 bits per heavy atom. The molecule has 1 unspecified atom stereocenters. The molecule has 2 rings (SSSR count). The van der Waals surface area contributed by atoms with Crippen LogP contribution < -0.4 is 14.8 Å². The van der Waals surface area contributed by atoms with Gasteiger partial charge in [0.15, 0.2) is 0 Å². The van der Waals surface area contributed by atoms with Gasteiger partial charge in [0, 0.05) is 36.2 Å². The third-order valence-electron chi connectivity index (χ3n) is 3.82. The van der Waals surface area contributed by atoms with Crippen molar-refractivity contribution in [3.05, 3.63) is 17.7 Å². The number of methoxy groups -OCH3 is 2. The number of hydrogen-bond donors (Lipinski definition) is 1. The van der Waals surface area contributed by atoms with Gasteiger partial charge in [0.25, 0.3) is 0 Å². The summed E-state index contributed by atoms with van der Waals surface area (Å²) in [6, 6.07) is 4.28. The Hall–Kier alpha value is -1.33. The molecule has 1 N–H and O–H groups in total. The van der Waals surface area contributed by atoms with Crippen LogP contribution >= 0.6 is 0 Å². The Balaban J connectivity index is 2.03. The Bertz CT molecular complexity index is 449. The summed E-state index contributed by atoms with van der Waals surface area (Å²) in [6.45, 7) is 6.80. The van der Waals surface area contributed by atoms with Gasteiger partial charge in [0.05, 0.1) is 20.8 Å². The van der Waals surface area contributed by atoms with Crippen molar-refractivity contribution in [2.75, 3.05) is 27.4 Å². The number of nitrogens with one attached hydrogen (secondary N) is 1. The maximum absolute atomic E-state index is 5.55. The van der Waals surface area contributed by atoms with Gasteiger partial charge >= 0.3 is 0 Å².